The molecule has 0 amide bonds. The van der Waals surface area contributed by atoms with Crippen LogP contribution in [0.5, 0.6) is 0 Å². The monoisotopic (exact) mass is 338 g/mol. The van der Waals surface area contributed by atoms with Crippen LogP contribution < -0.4 is 0 Å². The van der Waals surface area contributed by atoms with Gasteiger partial charge in [0.1, 0.15) is 0 Å². The van der Waals surface area contributed by atoms with Crippen LogP contribution in [0.3, 0.4) is 0 Å². The summed E-state index contributed by atoms with van der Waals surface area (Å²) in [6, 6.07) is 0. The molecule has 1 unspecified atom stereocenters. The molecule has 0 saturated heterocycles. The smallest absolute Gasteiger partial charge is 0.0414 e. The predicted octanol–water partition coefficient (Wildman–Crippen LogP) is 9.46. The fourth-order valence-corrected chi connectivity index (χ4v) is 3.88. The van der Waals surface area contributed by atoms with Gasteiger partial charge in [-0.25, -0.2) is 0 Å². The molecule has 0 saturated carbocycles. The van der Waals surface area contributed by atoms with E-state index in [1.807, 2.05) is 0 Å². The Bertz CT molecular complexity index is 208. The van der Waals surface area contributed by atoms with E-state index in [0.717, 1.165) is 5.92 Å². The molecule has 0 spiro atoms. The van der Waals surface area contributed by atoms with Crippen molar-refractivity contribution < 1.29 is 0 Å². The van der Waals surface area contributed by atoms with E-state index in [9.17, 15) is 0 Å². The quantitative estimate of drug-likeness (QED) is 0.194. The normalized spacial score (nSPS) is 12.6. The third-order valence-electron chi connectivity index (χ3n) is 5.65. The molecule has 0 aliphatic rings. The number of rotatable bonds is 20. The molecule has 0 bridgehead atoms. The van der Waals surface area contributed by atoms with E-state index in [1.165, 1.54) is 128 Å². The molecule has 0 rings (SSSR count). The maximum atomic E-state index is 2.34. The fraction of sp³-hybridized carbons (Fsp3) is 1.00. The lowest BCUT2D eigenvalue weighted by molar-refractivity contribution is 0.373. The van der Waals surface area contributed by atoms with Crippen LogP contribution in [-0.4, -0.2) is 0 Å². The minimum Gasteiger partial charge on any atom is -0.0654 e. The molecule has 0 aromatic rings. The summed E-state index contributed by atoms with van der Waals surface area (Å²) in [5, 5.41) is 0. The lowest BCUT2D eigenvalue weighted by Gasteiger charge is -2.16. The molecule has 0 aliphatic heterocycles. The van der Waals surface area contributed by atoms with Gasteiger partial charge in [0, 0.05) is 0 Å². The van der Waals surface area contributed by atoms with Crippen molar-refractivity contribution >= 4 is 0 Å². The molecule has 0 nitrogen and oxygen atoms in total. The Morgan fingerprint density at radius 1 is 0.333 bits per heavy atom. The van der Waals surface area contributed by atoms with Gasteiger partial charge in [0.25, 0.3) is 0 Å². The number of unbranched alkanes of at least 4 members (excludes halogenated alkanes) is 14. The minimum absolute atomic E-state index is 1.04. The number of hydrogen-bond donors (Lipinski definition) is 0. The first-order chi connectivity index (χ1) is 11.8. The van der Waals surface area contributed by atoms with E-state index >= 15 is 0 Å². The van der Waals surface area contributed by atoms with E-state index in [0.29, 0.717) is 0 Å². The van der Waals surface area contributed by atoms with Crippen LogP contribution in [0.2, 0.25) is 0 Å². The standard InChI is InChI=1S/C24H50/c1-4-7-10-11-12-13-14-15-16-17-18-20-23-24(21-9-6-3)22-19-8-5-2/h24H,4-23H2,1-3H3. The Morgan fingerprint density at radius 2 is 0.625 bits per heavy atom. The lowest BCUT2D eigenvalue weighted by atomic mass is 9.90. The van der Waals surface area contributed by atoms with Crippen LogP contribution in [0.1, 0.15) is 149 Å². The third-order valence-corrected chi connectivity index (χ3v) is 5.65. The van der Waals surface area contributed by atoms with Gasteiger partial charge in [0.05, 0.1) is 0 Å². The van der Waals surface area contributed by atoms with Gasteiger partial charge in [-0.3, -0.25) is 0 Å². The molecule has 0 N–H and O–H groups in total. The molecule has 0 fully saturated rings. The lowest BCUT2D eigenvalue weighted by Crippen LogP contribution is -2.01. The highest BCUT2D eigenvalue weighted by Crippen LogP contribution is 2.23. The zero-order valence-electron chi connectivity index (χ0n) is 17.7. The Labute approximate surface area is 155 Å². The fourth-order valence-electron chi connectivity index (χ4n) is 3.88. The van der Waals surface area contributed by atoms with Gasteiger partial charge in [-0.05, 0) is 5.92 Å². The molecular formula is C24H50. The van der Waals surface area contributed by atoms with Crippen LogP contribution in [-0.2, 0) is 0 Å². The van der Waals surface area contributed by atoms with E-state index in [-0.39, 0.29) is 0 Å². The first-order valence-electron chi connectivity index (χ1n) is 11.8. The van der Waals surface area contributed by atoms with Gasteiger partial charge >= 0.3 is 0 Å². The topological polar surface area (TPSA) is 0 Å². The summed E-state index contributed by atoms with van der Waals surface area (Å²) in [6.45, 7) is 6.97. The van der Waals surface area contributed by atoms with Crippen molar-refractivity contribution in [3.05, 3.63) is 0 Å². The third kappa shape index (κ3) is 18.3. The van der Waals surface area contributed by atoms with Crippen molar-refractivity contribution in [2.24, 2.45) is 5.92 Å². The van der Waals surface area contributed by atoms with Crippen molar-refractivity contribution in [2.45, 2.75) is 149 Å². The summed E-state index contributed by atoms with van der Waals surface area (Å²) in [7, 11) is 0. The van der Waals surface area contributed by atoms with Crippen molar-refractivity contribution in [1.82, 2.24) is 0 Å². The molecule has 24 heavy (non-hydrogen) atoms. The molecule has 0 heterocycles. The summed E-state index contributed by atoms with van der Waals surface area (Å²) >= 11 is 0. The molecule has 0 aromatic heterocycles. The SMILES string of the molecule is CCCCCCCCCCCCCCC(CCCC)CCCCC. The summed E-state index contributed by atoms with van der Waals surface area (Å²) < 4.78 is 0. The van der Waals surface area contributed by atoms with E-state index in [4.69, 9.17) is 0 Å². The van der Waals surface area contributed by atoms with Crippen LogP contribution >= 0.6 is 0 Å². The Morgan fingerprint density at radius 3 is 1.08 bits per heavy atom. The van der Waals surface area contributed by atoms with Gasteiger partial charge in [-0.2, -0.15) is 0 Å². The van der Waals surface area contributed by atoms with Gasteiger partial charge in [0.15, 0.2) is 0 Å². The molecule has 0 aromatic carbocycles. The van der Waals surface area contributed by atoms with Crippen molar-refractivity contribution in [2.75, 3.05) is 0 Å². The highest BCUT2D eigenvalue weighted by atomic mass is 14.1. The van der Waals surface area contributed by atoms with Crippen LogP contribution in [0.4, 0.5) is 0 Å². The average molecular weight is 339 g/mol. The maximum absolute atomic E-state index is 2.34. The second-order valence-corrected chi connectivity index (χ2v) is 8.18. The molecule has 0 heteroatoms. The highest BCUT2D eigenvalue weighted by Gasteiger charge is 2.07. The van der Waals surface area contributed by atoms with E-state index < -0.39 is 0 Å². The summed E-state index contributed by atoms with van der Waals surface area (Å²) in [4.78, 5) is 0. The molecule has 146 valence electrons. The molecule has 0 radical (unpaired) electrons. The van der Waals surface area contributed by atoms with Gasteiger partial charge in [-0.1, -0.05) is 149 Å². The highest BCUT2D eigenvalue weighted by molar-refractivity contribution is 4.61. The van der Waals surface area contributed by atoms with Crippen molar-refractivity contribution in [1.29, 1.82) is 0 Å². The zero-order chi connectivity index (χ0) is 17.7. The van der Waals surface area contributed by atoms with Crippen LogP contribution in [0.15, 0.2) is 0 Å². The average Bonchev–Trinajstić information content (AvgIpc) is 2.60. The summed E-state index contributed by atoms with van der Waals surface area (Å²) in [5.74, 6) is 1.04. The second kappa shape index (κ2) is 21.0. The van der Waals surface area contributed by atoms with E-state index in [2.05, 4.69) is 20.8 Å². The van der Waals surface area contributed by atoms with E-state index in [1.54, 1.807) is 0 Å². The largest absolute Gasteiger partial charge is 0.0654 e. The van der Waals surface area contributed by atoms with Crippen LogP contribution in [0.25, 0.3) is 0 Å². The first-order valence-corrected chi connectivity index (χ1v) is 11.8. The Hall–Kier alpha value is 0. The van der Waals surface area contributed by atoms with Crippen molar-refractivity contribution in [3.8, 4) is 0 Å². The number of hydrogen-bond acceptors (Lipinski definition) is 0. The zero-order valence-corrected chi connectivity index (χ0v) is 17.7. The predicted molar refractivity (Wildman–Crippen MR) is 113 cm³/mol. The maximum Gasteiger partial charge on any atom is -0.0414 e. The van der Waals surface area contributed by atoms with Gasteiger partial charge < -0.3 is 0 Å². The molecular weight excluding hydrogens is 288 g/mol. The Balaban J connectivity index is 3.37. The minimum atomic E-state index is 1.04. The second-order valence-electron chi connectivity index (χ2n) is 8.18. The van der Waals surface area contributed by atoms with Crippen molar-refractivity contribution in [3.63, 3.8) is 0 Å². The molecule has 0 aliphatic carbocycles. The Kier molecular flexibility index (Phi) is 21.0. The molecule has 1 atom stereocenters. The van der Waals surface area contributed by atoms with Gasteiger partial charge in [0.2, 0.25) is 0 Å². The van der Waals surface area contributed by atoms with Crippen LogP contribution in [0, 0.1) is 5.92 Å². The summed E-state index contributed by atoms with van der Waals surface area (Å²) in [6.07, 6.45) is 29.3. The summed E-state index contributed by atoms with van der Waals surface area (Å²) in [5.41, 5.74) is 0. The van der Waals surface area contributed by atoms with Gasteiger partial charge in [-0.15, -0.1) is 0 Å². The first kappa shape index (κ1) is 24.0.